The first-order valence-electron chi connectivity index (χ1n) is 12.4. The molecule has 2 aromatic rings. The molecule has 2 unspecified atom stereocenters. The number of thiazole rings is 1. The van der Waals surface area contributed by atoms with Crippen molar-refractivity contribution in [2.45, 2.75) is 64.3 Å². The largest absolute Gasteiger partial charge is 0.338 e. The summed E-state index contributed by atoms with van der Waals surface area (Å²) in [6.45, 7) is 4.96. The Kier molecular flexibility index (Phi) is 4.91. The van der Waals surface area contributed by atoms with E-state index in [-0.39, 0.29) is 11.3 Å². The average molecular weight is 464 g/mol. The molecule has 0 aromatic carbocycles. The lowest BCUT2D eigenvalue weighted by atomic mass is 9.47. The number of carbonyl (C=O) groups is 1. The lowest BCUT2D eigenvalue weighted by Gasteiger charge is -2.60. The van der Waals surface area contributed by atoms with E-state index in [4.69, 9.17) is 4.98 Å². The maximum Gasteiger partial charge on any atom is 0.246 e. The Morgan fingerprint density at radius 3 is 2.73 bits per heavy atom. The van der Waals surface area contributed by atoms with Crippen molar-refractivity contribution in [1.82, 2.24) is 19.9 Å². The molecule has 0 spiro atoms. The summed E-state index contributed by atoms with van der Waals surface area (Å²) in [5, 5.41) is 6.39. The zero-order valence-electron chi connectivity index (χ0n) is 19.7. The van der Waals surface area contributed by atoms with E-state index in [0.29, 0.717) is 29.2 Å². The Bertz CT molecular complexity index is 1090. The minimum atomic E-state index is 0.110. The molecule has 3 heterocycles. The highest BCUT2D eigenvalue weighted by molar-refractivity contribution is 7.13. The third kappa shape index (κ3) is 3.18. The van der Waals surface area contributed by atoms with Crippen LogP contribution < -0.4 is 5.32 Å². The predicted molar refractivity (Wildman–Crippen MR) is 130 cm³/mol. The van der Waals surface area contributed by atoms with Crippen molar-refractivity contribution in [1.29, 1.82) is 0 Å². The zero-order valence-corrected chi connectivity index (χ0v) is 20.5. The SMILES string of the molecule is CN1C(=O)C=C[C@@]2(C)C1CC[C@@H]1[C@H]2CC[C@]2(C)C(c3csc(Nc4ncccn4)n3)CC[C@@H]12. The van der Waals surface area contributed by atoms with Gasteiger partial charge in [0.2, 0.25) is 11.9 Å². The molecule has 0 saturated heterocycles. The molecule has 1 amide bonds. The molecule has 2 aromatic heterocycles. The molecule has 1 aliphatic heterocycles. The quantitative estimate of drug-likeness (QED) is 0.660. The van der Waals surface area contributed by atoms with Crippen molar-refractivity contribution in [2.24, 2.45) is 28.6 Å². The van der Waals surface area contributed by atoms with E-state index in [1.54, 1.807) is 23.7 Å². The summed E-state index contributed by atoms with van der Waals surface area (Å²) < 4.78 is 0. The summed E-state index contributed by atoms with van der Waals surface area (Å²) in [5.74, 6) is 3.45. The number of amides is 1. The molecular weight excluding hydrogens is 430 g/mol. The fraction of sp³-hybridized carbons (Fsp3) is 0.615. The van der Waals surface area contributed by atoms with Crippen LogP contribution in [0.4, 0.5) is 11.1 Å². The second kappa shape index (κ2) is 7.62. The van der Waals surface area contributed by atoms with Crippen LogP contribution in [0.25, 0.3) is 0 Å². The number of hydrogen-bond donors (Lipinski definition) is 1. The molecule has 7 heteroatoms. The van der Waals surface area contributed by atoms with Crippen LogP contribution in [0, 0.1) is 28.6 Å². The van der Waals surface area contributed by atoms with E-state index in [1.165, 1.54) is 37.8 Å². The van der Waals surface area contributed by atoms with Crippen LogP contribution in [0.5, 0.6) is 0 Å². The summed E-state index contributed by atoms with van der Waals surface area (Å²) in [5.41, 5.74) is 1.65. The van der Waals surface area contributed by atoms with Crippen LogP contribution in [0.2, 0.25) is 0 Å². The maximum atomic E-state index is 12.3. The van der Waals surface area contributed by atoms with Gasteiger partial charge in [-0.05, 0) is 73.8 Å². The number of carbonyl (C=O) groups excluding carboxylic acids is 1. The molecule has 6 rings (SSSR count). The fourth-order valence-electron chi connectivity index (χ4n) is 8.19. The van der Waals surface area contributed by atoms with Gasteiger partial charge in [-0.25, -0.2) is 15.0 Å². The molecular formula is C26H33N5OS. The Hall–Kier alpha value is -2.28. The molecule has 1 N–H and O–H groups in total. The van der Waals surface area contributed by atoms with Crippen LogP contribution in [0.15, 0.2) is 36.0 Å². The topological polar surface area (TPSA) is 71.0 Å². The van der Waals surface area contributed by atoms with E-state index in [9.17, 15) is 4.79 Å². The first kappa shape index (κ1) is 21.3. The lowest BCUT2D eigenvalue weighted by Crippen LogP contribution is -2.59. The molecule has 33 heavy (non-hydrogen) atoms. The van der Waals surface area contributed by atoms with Gasteiger partial charge in [-0.3, -0.25) is 4.79 Å². The van der Waals surface area contributed by atoms with E-state index in [1.807, 2.05) is 24.1 Å². The maximum absolute atomic E-state index is 12.3. The Morgan fingerprint density at radius 2 is 1.91 bits per heavy atom. The Balaban J connectivity index is 1.24. The monoisotopic (exact) mass is 463 g/mol. The van der Waals surface area contributed by atoms with Gasteiger partial charge in [0.15, 0.2) is 5.13 Å². The number of rotatable bonds is 3. The molecule has 0 bridgehead atoms. The van der Waals surface area contributed by atoms with Gasteiger partial charge in [-0.1, -0.05) is 19.9 Å². The predicted octanol–water partition coefficient (Wildman–Crippen LogP) is 5.40. The van der Waals surface area contributed by atoms with Crippen molar-refractivity contribution in [3.05, 3.63) is 41.7 Å². The molecule has 6 nitrogen and oxygen atoms in total. The molecule has 4 aliphatic rings. The summed E-state index contributed by atoms with van der Waals surface area (Å²) in [7, 11) is 2.00. The van der Waals surface area contributed by atoms with Crippen molar-refractivity contribution >= 4 is 28.3 Å². The summed E-state index contributed by atoms with van der Waals surface area (Å²) >= 11 is 1.66. The summed E-state index contributed by atoms with van der Waals surface area (Å²) in [6, 6.07) is 2.17. The highest BCUT2D eigenvalue weighted by Crippen LogP contribution is 2.67. The van der Waals surface area contributed by atoms with Crippen LogP contribution >= 0.6 is 11.3 Å². The van der Waals surface area contributed by atoms with Crippen LogP contribution in [-0.2, 0) is 4.79 Å². The van der Waals surface area contributed by atoms with Crippen molar-refractivity contribution < 1.29 is 4.79 Å². The number of likely N-dealkylation sites (N-methyl/N-ethyl adjacent to an activating group) is 1. The molecule has 3 saturated carbocycles. The molecule has 3 fully saturated rings. The van der Waals surface area contributed by atoms with E-state index in [2.05, 4.69) is 40.6 Å². The van der Waals surface area contributed by atoms with Crippen LogP contribution in [0.1, 0.15) is 64.0 Å². The normalized spacial score (nSPS) is 39.7. The Labute approximate surface area is 199 Å². The van der Waals surface area contributed by atoms with Crippen molar-refractivity contribution in [2.75, 3.05) is 12.4 Å². The number of nitrogens with zero attached hydrogens (tertiary/aromatic N) is 4. The third-order valence-corrected chi connectivity index (χ3v) is 10.6. The summed E-state index contributed by atoms with van der Waals surface area (Å²) in [4.78, 5) is 27.9. The second-order valence-electron chi connectivity index (χ2n) is 11.1. The van der Waals surface area contributed by atoms with Gasteiger partial charge in [0.1, 0.15) is 0 Å². The van der Waals surface area contributed by atoms with Crippen LogP contribution in [-0.4, -0.2) is 38.8 Å². The third-order valence-electron chi connectivity index (χ3n) is 9.79. The molecule has 174 valence electrons. The highest BCUT2D eigenvalue weighted by Gasteiger charge is 2.60. The number of aromatic nitrogens is 3. The molecule has 7 atom stereocenters. The fourth-order valence-corrected chi connectivity index (χ4v) is 8.94. The average Bonchev–Trinajstić information content (AvgIpc) is 3.41. The van der Waals surface area contributed by atoms with Gasteiger partial charge in [0, 0.05) is 42.2 Å². The first-order valence-corrected chi connectivity index (χ1v) is 13.2. The van der Waals surface area contributed by atoms with Gasteiger partial charge in [-0.2, -0.15) is 0 Å². The lowest BCUT2D eigenvalue weighted by molar-refractivity contribution is -0.138. The van der Waals surface area contributed by atoms with E-state index < -0.39 is 0 Å². The number of anilines is 2. The van der Waals surface area contributed by atoms with Crippen molar-refractivity contribution in [3.8, 4) is 0 Å². The van der Waals surface area contributed by atoms with E-state index >= 15 is 0 Å². The smallest absolute Gasteiger partial charge is 0.246 e. The standard InChI is InChI=1S/C26H33N5OS/c1-25-11-9-18-16(5-8-21-26(18,2)12-10-22(32)31(21)3)17(25)6-7-19(25)20-15-33-24(29-20)30-23-27-13-4-14-28-23/h4,10,12-19,21H,5-9,11H2,1-3H3,(H,27,28,29,30)/t16-,17-,18+,19?,21?,25-,26+/m0/s1. The molecule has 0 radical (unpaired) electrons. The minimum absolute atomic E-state index is 0.110. The number of hydrogen-bond acceptors (Lipinski definition) is 6. The summed E-state index contributed by atoms with van der Waals surface area (Å²) in [6.07, 6.45) is 15.0. The van der Waals surface area contributed by atoms with E-state index in [0.717, 1.165) is 23.4 Å². The Morgan fingerprint density at radius 1 is 1.09 bits per heavy atom. The minimum Gasteiger partial charge on any atom is -0.338 e. The molecule has 3 aliphatic carbocycles. The first-order chi connectivity index (χ1) is 15.9. The second-order valence-corrected chi connectivity index (χ2v) is 11.9. The van der Waals surface area contributed by atoms with Crippen molar-refractivity contribution in [3.63, 3.8) is 0 Å². The van der Waals surface area contributed by atoms with Gasteiger partial charge in [-0.15, -0.1) is 11.3 Å². The highest BCUT2D eigenvalue weighted by atomic mass is 32.1. The number of fused-ring (bicyclic) bond motifs is 5. The van der Waals surface area contributed by atoms with Gasteiger partial charge >= 0.3 is 0 Å². The zero-order chi connectivity index (χ0) is 22.8. The van der Waals surface area contributed by atoms with Gasteiger partial charge in [0.25, 0.3) is 0 Å². The van der Waals surface area contributed by atoms with Gasteiger partial charge < -0.3 is 10.2 Å². The number of nitrogens with one attached hydrogen (secondary N) is 1. The van der Waals surface area contributed by atoms with Crippen LogP contribution in [0.3, 0.4) is 0 Å². The van der Waals surface area contributed by atoms with Gasteiger partial charge in [0.05, 0.1) is 5.69 Å².